The quantitative estimate of drug-likeness (QED) is 0.730. The highest BCUT2D eigenvalue weighted by molar-refractivity contribution is 6.43. The van der Waals surface area contributed by atoms with Crippen molar-refractivity contribution < 1.29 is 0 Å². The molecule has 1 heterocycles. The van der Waals surface area contributed by atoms with E-state index in [1.54, 1.807) is 10.7 Å². The fourth-order valence-electron chi connectivity index (χ4n) is 1.26. The maximum atomic E-state index is 6.06. The number of hydrogen-bond acceptors (Lipinski definition) is 1. The summed E-state index contributed by atoms with van der Waals surface area (Å²) in [6.07, 6.45) is 1.87. The third kappa shape index (κ3) is 1.63. The molecule has 2 nitrogen and oxygen atoms in total. The van der Waals surface area contributed by atoms with E-state index in [4.69, 9.17) is 23.2 Å². The fraction of sp³-hybridized carbons (Fsp3) is 0.100. The first-order valence-electron chi connectivity index (χ1n) is 4.12. The first-order chi connectivity index (χ1) is 6.68. The molecule has 0 saturated carbocycles. The summed E-state index contributed by atoms with van der Waals surface area (Å²) in [5.74, 6) is 0. The zero-order valence-corrected chi connectivity index (χ0v) is 9.05. The molecule has 0 aliphatic rings. The molecule has 0 atom stereocenters. The Hall–Kier alpha value is -0.990. The second-order valence-electron chi connectivity index (χ2n) is 2.98. The number of aryl methyl sites for hydroxylation is 1. The summed E-state index contributed by atoms with van der Waals surface area (Å²) in [6, 6.07) is 7.42. The van der Waals surface area contributed by atoms with Gasteiger partial charge in [-0.05, 0) is 12.1 Å². The van der Waals surface area contributed by atoms with E-state index in [2.05, 4.69) is 5.10 Å². The largest absolute Gasteiger partial charge is 0.275 e. The van der Waals surface area contributed by atoms with Gasteiger partial charge in [-0.15, -0.1) is 0 Å². The number of nitrogens with zero attached hydrogens (tertiary/aromatic N) is 2. The molecule has 0 fully saturated rings. The van der Waals surface area contributed by atoms with Crippen molar-refractivity contribution >= 4 is 23.2 Å². The van der Waals surface area contributed by atoms with Crippen molar-refractivity contribution in [2.45, 2.75) is 0 Å². The molecule has 0 bridgehead atoms. The van der Waals surface area contributed by atoms with Gasteiger partial charge in [-0.1, -0.05) is 35.3 Å². The lowest BCUT2D eigenvalue weighted by Crippen LogP contribution is -1.88. The summed E-state index contributed by atoms with van der Waals surface area (Å²) >= 11 is 12.0. The van der Waals surface area contributed by atoms with Crippen molar-refractivity contribution in [1.29, 1.82) is 0 Å². The molecular weight excluding hydrogens is 219 g/mol. The highest BCUT2D eigenvalue weighted by Gasteiger charge is 2.08. The van der Waals surface area contributed by atoms with Crippen LogP contribution in [-0.2, 0) is 7.05 Å². The molecule has 2 rings (SSSR count). The van der Waals surface area contributed by atoms with E-state index >= 15 is 0 Å². The van der Waals surface area contributed by atoms with Crippen molar-refractivity contribution in [2.24, 2.45) is 7.05 Å². The van der Waals surface area contributed by atoms with Gasteiger partial charge in [0.05, 0.1) is 15.7 Å². The van der Waals surface area contributed by atoms with Crippen LogP contribution in [0.15, 0.2) is 30.5 Å². The highest BCUT2D eigenvalue weighted by Crippen LogP contribution is 2.32. The average Bonchev–Trinajstić information content (AvgIpc) is 2.57. The molecule has 1 aromatic heterocycles. The van der Waals surface area contributed by atoms with Crippen LogP contribution in [0, 0.1) is 0 Å². The topological polar surface area (TPSA) is 17.8 Å². The third-order valence-corrected chi connectivity index (χ3v) is 2.76. The molecule has 0 N–H and O–H groups in total. The molecule has 2 aromatic rings. The van der Waals surface area contributed by atoms with Crippen molar-refractivity contribution in [3.8, 4) is 11.3 Å². The molecule has 0 aliphatic heterocycles. The minimum Gasteiger partial charge on any atom is -0.275 e. The molecule has 0 radical (unpaired) electrons. The van der Waals surface area contributed by atoms with Crippen LogP contribution in [0.5, 0.6) is 0 Å². The van der Waals surface area contributed by atoms with Crippen molar-refractivity contribution in [1.82, 2.24) is 9.78 Å². The SMILES string of the molecule is Cn1ccc(-c2cccc(Cl)c2Cl)n1. The Morgan fingerprint density at radius 3 is 2.64 bits per heavy atom. The van der Waals surface area contributed by atoms with Crippen LogP contribution in [0.3, 0.4) is 0 Å². The van der Waals surface area contributed by atoms with E-state index < -0.39 is 0 Å². The smallest absolute Gasteiger partial charge is 0.0938 e. The van der Waals surface area contributed by atoms with E-state index in [1.165, 1.54) is 0 Å². The molecule has 72 valence electrons. The first kappa shape index (κ1) is 9.56. The maximum absolute atomic E-state index is 6.06. The van der Waals surface area contributed by atoms with Gasteiger partial charge in [-0.25, -0.2) is 0 Å². The van der Waals surface area contributed by atoms with Crippen LogP contribution in [-0.4, -0.2) is 9.78 Å². The molecule has 0 aliphatic carbocycles. The summed E-state index contributed by atoms with van der Waals surface area (Å²) in [7, 11) is 1.86. The molecule has 1 aromatic carbocycles. The molecule has 4 heteroatoms. The first-order valence-corrected chi connectivity index (χ1v) is 4.88. The Bertz CT molecular complexity index is 463. The number of rotatable bonds is 1. The summed E-state index contributed by atoms with van der Waals surface area (Å²) < 4.78 is 1.73. The van der Waals surface area contributed by atoms with E-state index in [0.29, 0.717) is 10.0 Å². The monoisotopic (exact) mass is 226 g/mol. The molecular formula is C10H8Cl2N2. The van der Waals surface area contributed by atoms with E-state index in [-0.39, 0.29) is 0 Å². The summed E-state index contributed by atoms with van der Waals surface area (Å²) in [5, 5.41) is 5.36. The number of halogens is 2. The van der Waals surface area contributed by atoms with Gasteiger partial charge in [0.15, 0.2) is 0 Å². The van der Waals surface area contributed by atoms with Gasteiger partial charge in [0.2, 0.25) is 0 Å². The van der Waals surface area contributed by atoms with Crippen molar-refractivity contribution in [2.75, 3.05) is 0 Å². The Kier molecular flexibility index (Phi) is 2.48. The van der Waals surface area contributed by atoms with E-state index in [9.17, 15) is 0 Å². The number of aromatic nitrogens is 2. The van der Waals surface area contributed by atoms with Gasteiger partial charge in [0.1, 0.15) is 0 Å². The zero-order chi connectivity index (χ0) is 10.1. The Morgan fingerprint density at radius 1 is 1.21 bits per heavy atom. The Morgan fingerprint density at radius 2 is 2.00 bits per heavy atom. The fourth-order valence-corrected chi connectivity index (χ4v) is 1.66. The van der Waals surface area contributed by atoms with Gasteiger partial charge >= 0.3 is 0 Å². The predicted octanol–water partition coefficient (Wildman–Crippen LogP) is 3.39. The van der Waals surface area contributed by atoms with Gasteiger partial charge < -0.3 is 0 Å². The second kappa shape index (κ2) is 3.64. The second-order valence-corrected chi connectivity index (χ2v) is 3.76. The van der Waals surface area contributed by atoms with Gasteiger partial charge in [-0.3, -0.25) is 4.68 Å². The van der Waals surface area contributed by atoms with Gasteiger partial charge in [-0.2, -0.15) is 5.10 Å². The van der Waals surface area contributed by atoms with Crippen molar-refractivity contribution in [3.05, 3.63) is 40.5 Å². The lowest BCUT2D eigenvalue weighted by atomic mass is 10.1. The molecule has 14 heavy (non-hydrogen) atoms. The average molecular weight is 227 g/mol. The van der Waals surface area contributed by atoms with Crippen molar-refractivity contribution in [3.63, 3.8) is 0 Å². The molecule has 0 spiro atoms. The maximum Gasteiger partial charge on any atom is 0.0938 e. The lowest BCUT2D eigenvalue weighted by molar-refractivity contribution is 0.771. The summed E-state index contributed by atoms with van der Waals surface area (Å²) in [6.45, 7) is 0. The van der Waals surface area contributed by atoms with Crippen LogP contribution >= 0.6 is 23.2 Å². The molecule has 0 unspecified atom stereocenters. The van der Waals surface area contributed by atoms with Crippen LogP contribution in [0.2, 0.25) is 10.0 Å². The highest BCUT2D eigenvalue weighted by atomic mass is 35.5. The Balaban J connectivity index is 2.57. The molecule has 0 saturated heterocycles. The van der Waals surface area contributed by atoms with Crippen LogP contribution < -0.4 is 0 Å². The van der Waals surface area contributed by atoms with Crippen LogP contribution in [0.4, 0.5) is 0 Å². The van der Waals surface area contributed by atoms with E-state index in [0.717, 1.165) is 11.3 Å². The van der Waals surface area contributed by atoms with Crippen LogP contribution in [0.25, 0.3) is 11.3 Å². The van der Waals surface area contributed by atoms with Gasteiger partial charge in [0, 0.05) is 18.8 Å². The third-order valence-electron chi connectivity index (χ3n) is 1.94. The predicted molar refractivity (Wildman–Crippen MR) is 58.7 cm³/mol. The minimum absolute atomic E-state index is 0.549. The summed E-state index contributed by atoms with van der Waals surface area (Å²) in [5.41, 5.74) is 1.69. The number of hydrogen-bond donors (Lipinski definition) is 0. The van der Waals surface area contributed by atoms with Gasteiger partial charge in [0.25, 0.3) is 0 Å². The minimum atomic E-state index is 0.549. The number of benzene rings is 1. The standard InChI is InChI=1S/C10H8Cl2N2/c1-14-6-5-9(13-14)7-3-2-4-8(11)10(7)12/h2-6H,1H3. The van der Waals surface area contributed by atoms with E-state index in [1.807, 2.05) is 31.4 Å². The van der Waals surface area contributed by atoms with Crippen LogP contribution in [0.1, 0.15) is 0 Å². The molecule has 0 amide bonds. The Labute approximate surface area is 92.1 Å². The normalized spacial score (nSPS) is 10.5. The zero-order valence-electron chi connectivity index (χ0n) is 7.54. The summed E-state index contributed by atoms with van der Waals surface area (Å²) in [4.78, 5) is 0. The lowest BCUT2D eigenvalue weighted by Gasteiger charge is -2.01.